The van der Waals surface area contributed by atoms with Crippen LogP contribution in [-0.2, 0) is 0 Å². The number of rotatable bonds is 2. The number of nitrogens with two attached hydrogens (primary N) is 1. The Morgan fingerprint density at radius 2 is 2.00 bits per heavy atom. The maximum absolute atomic E-state index is 13.6. The number of nitrogens with zero attached hydrogens (tertiary/aromatic N) is 2. The Balaban J connectivity index is 2.04. The molecule has 0 radical (unpaired) electrons. The summed E-state index contributed by atoms with van der Waals surface area (Å²) in [5.41, 5.74) is 9.42. The van der Waals surface area contributed by atoms with E-state index in [-0.39, 0.29) is 5.82 Å². The lowest BCUT2D eigenvalue weighted by molar-refractivity contribution is 0.628. The first-order valence-electron chi connectivity index (χ1n) is 6.86. The van der Waals surface area contributed by atoms with E-state index < -0.39 is 0 Å². The second-order valence-corrected chi connectivity index (χ2v) is 6.65. The largest absolute Gasteiger partial charge is 0.398 e. The number of hydrogen-bond acceptors (Lipinski definition) is 2. The van der Waals surface area contributed by atoms with Crippen LogP contribution < -0.4 is 5.73 Å². The molecule has 2 N–H and O–H groups in total. The predicted molar refractivity (Wildman–Crippen MR) is 90.5 cm³/mol. The molecule has 0 spiro atoms. The lowest BCUT2D eigenvalue weighted by Gasteiger charge is -2.10. The van der Waals surface area contributed by atoms with Gasteiger partial charge in [0.1, 0.15) is 11.6 Å². The van der Waals surface area contributed by atoms with E-state index in [0.717, 1.165) is 38.8 Å². The van der Waals surface area contributed by atoms with Crippen LogP contribution in [0.5, 0.6) is 0 Å². The molecular weight excluding hydrogens is 380 g/mol. The molecule has 0 unspecified atom stereocenters. The number of aromatic nitrogens is 2. The van der Waals surface area contributed by atoms with E-state index in [2.05, 4.69) is 27.2 Å². The fraction of sp³-hybridized carbons (Fsp3) is 0.188. The van der Waals surface area contributed by atoms with Gasteiger partial charge in [0, 0.05) is 20.9 Å². The minimum atomic E-state index is -0.230. The smallest absolute Gasteiger partial charge is 0.143 e. The van der Waals surface area contributed by atoms with Gasteiger partial charge in [0.15, 0.2) is 0 Å². The third-order valence-electron chi connectivity index (χ3n) is 3.82. The molecule has 0 amide bonds. The topological polar surface area (TPSA) is 43.8 Å². The highest BCUT2D eigenvalue weighted by atomic mass is 127. The lowest BCUT2D eigenvalue weighted by Crippen LogP contribution is -2.00. The Morgan fingerprint density at radius 1 is 1.19 bits per heavy atom. The molecule has 106 valence electrons. The highest BCUT2D eigenvalue weighted by Gasteiger charge is 2.29. The van der Waals surface area contributed by atoms with E-state index in [1.165, 1.54) is 6.07 Å². The van der Waals surface area contributed by atoms with Crippen molar-refractivity contribution in [3.8, 4) is 11.4 Å². The predicted octanol–water partition coefficient (Wildman–Crippen LogP) is 4.36. The van der Waals surface area contributed by atoms with Gasteiger partial charge in [-0.15, -0.1) is 0 Å². The van der Waals surface area contributed by atoms with E-state index in [4.69, 9.17) is 10.7 Å². The maximum atomic E-state index is 13.6. The van der Waals surface area contributed by atoms with Crippen molar-refractivity contribution in [3.63, 3.8) is 0 Å². The molecule has 3 nitrogen and oxygen atoms in total. The van der Waals surface area contributed by atoms with Gasteiger partial charge in [-0.25, -0.2) is 9.37 Å². The molecule has 0 atom stereocenters. The molecule has 1 heterocycles. The van der Waals surface area contributed by atoms with Crippen molar-refractivity contribution in [2.24, 2.45) is 0 Å². The summed E-state index contributed by atoms with van der Waals surface area (Å²) in [4.78, 5) is 4.70. The fourth-order valence-electron chi connectivity index (χ4n) is 2.68. The third kappa shape index (κ3) is 2.19. The van der Waals surface area contributed by atoms with Gasteiger partial charge in [0.25, 0.3) is 0 Å². The van der Waals surface area contributed by atoms with Gasteiger partial charge >= 0.3 is 0 Å². The van der Waals surface area contributed by atoms with Crippen LogP contribution in [0.3, 0.4) is 0 Å². The van der Waals surface area contributed by atoms with Crippen LogP contribution in [0.1, 0.15) is 18.9 Å². The van der Waals surface area contributed by atoms with Gasteiger partial charge in [0.2, 0.25) is 0 Å². The number of benzene rings is 2. The number of fused-ring (bicyclic) bond motifs is 1. The van der Waals surface area contributed by atoms with Crippen molar-refractivity contribution in [2.45, 2.75) is 18.9 Å². The summed E-state index contributed by atoms with van der Waals surface area (Å²) in [7, 11) is 0. The van der Waals surface area contributed by atoms with Gasteiger partial charge in [0.05, 0.1) is 11.0 Å². The van der Waals surface area contributed by atoms with Crippen LogP contribution in [0.4, 0.5) is 10.1 Å². The second-order valence-electron chi connectivity index (χ2n) is 5.40. The first-order chi connectivity index (χ1) is 10.1. The van der Waals surface area contributed by atoms with Crippen LogP contribution in [0, 0.1) is 9.39 Å². The quantitative estimate of drug-likeness (QED) is 0.519. The zero-order valence-electron chi connectivity index (χ0n) is 11.2. The standard InChI is InChI=1S/C16H13FIN3/c17-9-1-6-14-15(7-9)21(11-3-4-11)16(20-14)12-8-10(18)2-5-13(12)19/h1-2,5-8,11H,3-4,19H2. The summed E-state index contributed by atoms with van der Waals surface area (Å²) in [5.74, 6) is 0.612. The molecular formula is C16H13FIN3. The molecule has 4 rings (SSSR count). The summed E-state index contributed by atoms with van der Waals surface area (Å²) in [6.07, 6.45) is 2.22. The summed E-state index contributed by atoms with van der Waals surface area (Å²) >= 11 is 2.26. The van der Waals surface area contributed by atoms with E-state index in [1.807, 2.05) is 18.2 Å². The van der Waals surface area contributed by atoms with E-state index >= 15 is 0 Å². The van der Waals surface area contributed by atoms with Crippen LogP contribution in [-0.4, -0.2) is 9.55 Å². The highest BCUT2D eigenvalue weighted by Crippen LogP contribution is 2.42. The maximum Gasteiger partial charge on any atom is 0.143 e. The van der Waals surface area contributed by atoms with Gasteiger partial charge in [-0.3, -0.25) is 0 Å². The van der Waals surface area contributed by atoms with E-state index in [0.29, 0.717) is 11.7 Å². The molecule has 1 aliphatic carbocycles. The molecule has 0 saturated heterocycles. The number of hydrogen-bond donors (Lipinski definition) is 1. The summed E-state index contributed by atoms with van der Waals surface area (Å²) < 4.78 is 16.8. The molecule has 3 aromatic rings. The van der Waals surface area contributed by atoms with Crippen molar-refractivity contribution in [2.75, 3.05) is 5.73 Å². The molecule has 21 heavy (non-hydrogen) atoms. The SMILES string of the molecule is Nc1ccc(I)cc1-c1nc2ccc(F)cc2n1C1CC1. The first kappa shape index (κ1) is 13.1. The molecule has 0 bridgehead atoms. The van der Waals surface area contributed by atoms with Crippen molar-refractivity contribution >= 4 is 39.3 Å². The van der Waals surface area contributed by atoms with Crippen LogP contribution in [0.25, 0.3) is 22.4 Å². The van der Waals surface area contributed by atoms with Gasteiger partial charge in [-0.2, -0.15) is 0 Å². The normalized spacial score (nSPS) is 14.8. The van der Waals surface area contributed by atoms with E-state index in [1.54, 1.807) is 12.1 Å². The number of halogens is 2. The Morgan fingerprint density at radius 3 is 2.76 bits per heavy atom. The number of anilines is 1. The zero-order chi connectivity index (χ0) is 14.6. The Kier molecular flexibility index (Phi) is 2.92. The summed E-state index contributed by atoms with van der Waals surface area (Å²) in [5, 5.41) is 0. The molecule has 1 aromatic heterocycles. The Bertz CT molecular complexity index is 852. The molecule has 5 heteroatoms. The van der Waals surface area contributed by atoms with Crippen molar-refractivity contribution in [1.82, 2.24) is 9.55 Å². The van der Waals surface area contributed by atoms with Crippen molar-refractivity contribution in [3.05, 3.63) is 45.8 Å². The van der Waals surface area contributed by atoms with Crippen LogP contribution >= 0.6 is 22.6 Å². The zero-order valence-corrected chi connectivity index (χ0v) is 13.3. The highest BCUT2D eigenvalue weighted by molar-refractivity contribution is 14.1. The molecule has 1 aliphatic rings. The average Bonchev–Trinajstić information content (AvgIpc) is 3.22. The number of nitrogen functional groups attached to an aromatic ring is 1. The average molecular weight is 393 g/mol. The minimum Gasteiger partial charge on any atom is -0.398 e. The lowest BCUT2D eigenvalue weighted by atomic mass is 10.1. The van der Waals surface area contributed by atoms with Gasteiger partial charge in [-0.1, -0.05) is 0 Å². The fourth-order valence-corrected chi connectivity index (χ4v) is 3.17. The monoisotopic (exact) mass is 393 g/mol. The van der Waals surface area contributed by atoms with Crippen LogP contribution in [0.15, 0.2) is 36.4 Å². The minimum absolute atomic E-state index is 0.230. The summed E-state index contributed by atoms with van der Waals surface area (Å²) in [6, 6.07) is 11.1. The van der Waals surface area contributed by atoms with Crippen molar-refractivity contribution < 1.29 is 4.39 Å². The molecule has 1 fully saturated rings. The van der Waals surface area contributed by atoms with Gasteiger partial charge < -0.3 is 10.3 Å². The Hall–Kier alpha value is -1.63. The first-order valence-corrected chi connectivity index (χ1v) is 7.94. The second kappa shape index (κ2) is 4.69. The molecule has 0 aliphatic heterocycles. The summed E-state index contributed by atoms with van der Waals surface area (Å²) in [6.45, 7) is 0. The molecule has 2 aromatic carbocycles. The molecule has 1 saturated carbocycles. The number of imidazole rings is 1. The Labute approximate surface area is 135 Å². The third-order valence-corrected chi connectivity index (χ3v) is 4.49. The van der Waals surface area contributed by atoms with E-state index in [9.17, 15) is 4.39 Å². The van der Waals surface area contributed by atoms with Gasteiger partial charge in [-0.05, 0) is 71.8 Å². The van der Waals surface area contributed by atoms with Crippen LogP contribution in [0.2, 0.25) is 0 Å². The van der Waals surface area contributed by atoms with Crippen molar-refractivity contribution in [1.29, 1.82) is 0 Å².